The fourth-order valence-electron chi connectivity index (χ4n) is 1.58. The average Bonchev–Trinajstić information content (AvgIpc) is 2.33. The number of hydrogen-bond acceptors (Lipinski definition) is 2. The first-order valence-corrected chi connectivity index (χ1v) is 6.61. The molecule has 0 fully saturated rings. The van der Waals surface area contributed by atoms with Crippen molar-refractivity contribution in [3.05, 3.63) is 34.3 Å². The number of carbonyl (C=O) groups is 1. The summed E-state index contributed by atoms with van der Waals surface area (Å²) < 4.78 is 5.04. The molecule has 1 N–H and O–H groups in total. The molecule has 0 bridgehead atoms. The molecule has 100 valence electrons. The summed E-state index contributed by atoms with van der Waals surface area (Å²) in [5.74, 6) is 0.343. The maximum absolute atomic E-state index is 12.0. The van der Waals surface area contributed by atoms with Crippen LogP contribution in [0.15, 0.2) is 18.2 Å². The van der Waals surface area contributed by atoms with E-state index >= 15 is 0 Å². The maximum atomic E-state index is 12.0. The SMILES string of the molecule is COCC(CCCl)NC(=O)c1ccc(Cl)c(C)c1. The second-order valence-corrected chi connectivity index (χ2v) is 4.85. The predicted octanol–water partition coefficient (Wildman–Crippen LogP) is 3.02. The lowest BCUT2D eigenvalue weighted by molar-refractivity contribution is 0.0895. The molecule has 0 saturated heterocycles. The van der Waals surface area contributed by atoms with Gasteiger partial charge in [-0.3, -0.25) is 4.79 Å². The highest BCUT2D eigenvalue weighted by atomic mass is 35.5. The predicted molar refractivity (Wildman–Crippen MR) is 74.7 cm³/mol. The number of amides is 1. The second kappa shape index (κ2) is 7.62. The van der Waals surface area contributed by atoms with E-state index in [4.69, 9.17) is 27.9 Å². The Hall–Kier alpha value is -0.770. The molecular formula is C13H17Cl2NO2. The number of hydrogen-bond donors (Lipinski definition) is 1. The third-order valence-electron chi connectivity index (χ3n) is 2.58. The van der Waals surface area contributed by atoms with Crippen LogP contribution in [-0.2, 0) is 4.74 Å². The van der Waals surface area contributed by atoms with Gasteiger partial charge in [0.15, 0.2) is 0 Å². The molecule has 0 heterocycles. The molecule has 18 heavy (non-hydrogen) atoms. The van der Waals surface area contributed by atoms with Gasteiger partial charge in [0.1, 0.15) is 0 Å². The van der Waals surface area contributed by atoms with E-state index in [1.807, 2.05) is 6.92 Å². The van der Waals surface area contributed by atoms with Crippen molar-refractivity contribution in [3.8, 4) is 0 Å². The zero-order chi connectivity index (χ0) is 13.5. The van der Waals surface area contributed by atoms with Crippen LogP contribution in [0.3, 0.4) is 0 Å². The molecule has 1 atom stereocenters. The Labute approximate surface area is 117 Å². The van der Waals surface area contributed by atoms with Crippen molar-refractivity contribution in [1.29, 1.82) is 0 Å². The van der Waals surface area contributed by atoms with Crippen LogP contribution in [0, 0.1) is 6.92 Å². The molecule has 0 aliphatic carbocycles. The lowest BCUT2D eigenvalue weighted by Crippen LogP contribution is -2.38. The van der Waals surface area contributed by atoms with Gasteiger partial charge < -0.3 is 10.1 Å². The molecule has 0 saturated carbocycles. The fourth-order valence-corrected chi connectivity index (χ4v) is 1.97. The van der Waals surface area contributed by atoms with Gasteiger partial charge in [-0.15, -0.1) is 11.6 Å². The average molecular weight is 290 g/mol. The van der Waals surface area contributed by atoms with Gasteiger partial charge in [0.05, 0.1) is 12.6 Å². The van der Waals surface area contributed by atoms with Crippen molar-refractivity contribution < 1.29 is 9.53 Å². The van der Waals surface area contributed by atoms with Crippen molar-refractivity contribution in [2.24, 2.45) is 0 Å². The summed E-state index contributed by atoms with van der Waals surface area (Å²) in [7, 11) is 1.60. The van der Waals surface area contributed by atoms with Crippen LogP contribution < -0.4 is 5.32 Å². The number of methoxy groups -OCH3 is 1. The number of ether oxygens (including phenoxy) is 1. The highest BCUT2D eigenvalue weighted by Crippen LogP contribution is 2.16. The Bertz CT molecular complexity index is 404. The summed E-state index contributed by atoms with van der Waals surface area (Å²) in [4.78, 5) is 12.0. The third-order valence-corrected chi connectivity index (χ3v) is 3.22. The topological polar surface area (TPSA) is 38.3 Å². The van der Waals surface area contributed by atoms with Gasteiger partial charge in [0.25, 0.3) is 5.91 Å². The van der Waals surface area contributed by atoms with Crippen LogP contribution >= 0.6 is 23.2 Å². The standard InChI is InChI=1S/C13H17Cl2NO2/c1-9-7-10(3-4-12(9)15)13(17)16-11(5-6-14)8-18-2/h3-4,7,11H,5-6,8H2,1-2H3,(H,16,17). The number of rotatable bonds is 6. The van der Waals surface area contributed by atoms with E-state index in [1.165, 1.54) is 0 Å². The first-order chi connectivity index (χ1) is 8.58. The molecule has 0 radical (unpaired) electrons. The lowest BCUT2D eigenvalue weighted by atomic mass is 10.1. The van der Waals surface area contributed by atoms with E-state index in [0.717, 1.165) is 5.56 Å². The smallest absolute Gasteiger partial charge is 0.251 e. The van der Waals surface area contributed by atoms with Gasteiger partial charge in [0, 0.05) is 23.6 Å². The summed E-state index contributed by atoms with van der Waals surface area (Å²) in [6.07, 6.45) is 0.674. The highest BCUT2D eigenvalue weighted by molar-refractivity contribution is 6.31. The Morgan fingerprint density at radius 3 is 2.78 bits per heavy atom. The summed E-state index contributed by atoms with van der Waals surface area (Å²) in [6, 6.07) is 5.12. The molecule has 3 nitrogen and oxygen atoms in total. The number of carbonyl (C=O) groups excluding carboxylic acids is 1. The second-order valence-electron chi connectivity index (χ2n) is 4.07. The van der Waals surface area contributed by atoms with Gasteiger partial charge in [-0.25, -0.2) is 0 Å². The van der Waals surface area contributed by atoms with Crippen LogP contribution in [-0.4, -0.2) is 31.5 Å². The molecule has 0 aliphatic heterocycles. The zero-order valence-electron chi connectivity index (χ0n) is 10.5. The molecule has 1 rings (SSSR count). The van der Waals surface area contributed by atoms with Crippen LogP contribution in [0.2, 0.25) is 5.02 Å². The number of benzene rings is 1. The van der Waals surface area contributed by atoms with E-state index in [0.29, 0.717) is 29.5 Å². The number of alkyl halides is 1. The zero-order valence-corrected chi connectivity index (χ0v) is 12.0. The first kappa shape index (κ1) is 15.3. The van der Waals surface area contributed by atoms with Crippen molar-refractivity contribution >= 4 is 29.1 Å². The van der Waals surface area contributed by atoms with Gasteiger partial charge in [-0.1, -0.05) is 11.6 Å². The molecule has 0 aliphatic rings. The number of halogens is 2. The fraction of sp³-hybridized carbons (Fsp3) is 0.462. The number of aryl methyl sites for hydroxylation is 1. The van der Waals surface area contributed by atoms with Gasteiger partial charge in [-0.05, 0) is 37.1 Å². The molecule has 0 spiro atoms. The maximum Gasteiger partial charge on any atom is 0.251 e. The van der Waals surface area contributed by atoms with Crippen LogP contribution in [0.4, 0.5) is 0 Å². The third kappa shape index (κ3) is 4.48. The normalized spacial score (nSPS) is 12.2. The van der Waals surface area contributed by atoms with Gasteiger partial charge in [0.2, 0.25) is 0 Å². The van der Waals surface area contributed by atoms with Crippen LogP contribution in [0.1, 0.15) is 22.3 Å². The summed E-state index contributed by atoms with van der Waals surface area (Å²) in [5.41, 5.74) is 1.47. The summed E-state index contributed by atoms with van der Waals surface area (Å²) in [5, 5.41) is 3.54. The summed E-state index contributed by atoms with van der Waals surface area (Å²) >= 11 is 11.6. The number of nitrogens with one attached hydrogen (secondary N) is 1. The van der Waals surface area contributed by atoms with Gasteiger partial charge in [-0.2, -0.15) is 0 Å². The largest absolute Gasteiger partial charge is 0.383 e. The molecule has 5 heteroatoms. The molecule has 1 aromatic carbocycles. The highest BCUT2D eigenvalue weighted by Gasteiger charge is 2.13. The van der Waals surface area contributed by atoms with Crippen LogP contribution in [0.25, 0.3) is 0 Å². The van der Waals surface area contributed by atoms with E-state index in [9.17, 15) is 4.79 Å². The quantitative estimate of drug-likeness (QED) is 0.818. The molecular weight excluding hydrogens is 273 g/mol. The van der Waals surface area contributed by atoms with Crippen molar-refractivity contribution in [2.75, 3.05) is 19.6 Å². The summed E-state index contributed by atoms with van der Waals surface area (Å²) in [6.45, 7) is 2.32. The molecule has 1 amide bonds. The Kier molecular flexibility index (Phi) is 6.47. The monoisotopic (exact) mass is 289 g/mol. The Morgan fingerprint density at radius 2 is 2.22 bits per heavy atom. The van der Waals surface area contributed by atoms with Crippen molar-refractivity contribution in [1.82, 2.24) is 5.32 Å². The van der Waals surface area contributed by atoms with E-state index in [1.54, 1.807) is 25.3 Å². The van der Waals surface area contributed by atoms with Crippen molar-refractivity contribution in [3.63, 3.8) is 0 Å². The minimum Gasteiger partial charge on any atom is -0.383 e. The minimum atomic E-state index is -0.137. The van der Waals surface area contributed by atoms with E-state index in [2.05, 4.69) is 5.32 Å². The van der Waals surface area contributed by atoms with Gasteiger partial charge >= 0.3 is 0 Å². The Balaban J connectivity index is 2.70. The first-order valence-electron chi connectivity index (χ1n) is 5.70. The van der Waals surface area contributed by atoms with Crippen LogP contribution in [0.5, 0.6) is 0 Å². The molecule has 1 aromatic rings. The van der Waals surface area contributed by atoms with E-state index < -0.39 is 0 Å². The Morgan fingerprint density at radius 1 is 1.50 bits per heavy atom. The van der Waals surface area contributed by atoms with E-state index in [-0.39, 0.29) is 11.9 Å². The molecule has 0 aromatic heterocycles. The lowest BCUT2D eigenvalue weighted by Gasteiger charge is -2.17. The molecule has 1 unspecified atom stereocenters. The minimum absolute atomic E-state index is 0.0732. The van der Waals surface area contributed by atoms with Crippen molar-refractivity contribution in [2.45, 2.75) is 19.4 Å².